The Balaban J connectivity index is 2.41. The molecule has 3 N–H and O–H groups in total. The summed E-state index contributed by atoms with van der Waals surface area (Å²) in [5.41, 5.74) is 0.683. The average molecular weight is 184 g/mol. The maximum Gasteiger partial charge on any atom is 0.132 e. The highest BCUT2D eigenvalue weighted by atomic mass is 19.1. The third-order valence-corrected chi connectivity index (χ3v) is 1.83. The van der Waals surface area contributed by atoms with Gasteiger partial charge in [0.05, 0.1) is 6.10 Å². The van der Waals surface area contributed by atoms with Crippen molar-refractivity contribution in [3.8, 4) is 0 Å². The summed E-state index contributed by atoms with van der Waals surface area (Å²) in [6.07, 6.45) is -0.341. The van der Waals surface area contributed by atoms with Crippen molar-refractivity contribution in [1.82, 2.24) is 0 Å². The number of rotatable bonds is 4. The number of nitrogens with two attached hydrogens (primary N) is 1. The molecule has 1 atom stereocenters. The van der Waals surface area contributed by atoms with E-state index in [1.54, 1.807) is 19.1 Å². The van der Waals surface area contributed by atoms with Gasteiger partial charge in [0.25, 0.3) is 0 Å². The lowest BCUT2D eigenvalue weighted by Crippen LogP contribution is -2.84. The summed E-state index contributed by atoms with van der Waals surface area (Å²) in [6, 6.07) is 6.70. The number of hydrogen-bond donors (Lipinski definition) is 2. The van der Waals surface area contributed by atoms with Crippen LogP contribution >= 0.6 is 0 Å². The molecule has 0 spiro atoms. The van der Waals surface area contributed by atoms with Gasteiger partial charge in [0.2, 0.25) is 0 Å². The van der Waals surface area contributed by atoms with Crippen LogP contribution in [0.15, 0.2) is 24.3 Å². The molecule has 2 nitrogen and oxygen atoms in total. The van der Waals surface area contributed by atoms with Crippen LogP contribution in [0, 0.1) is 5.82 Å². The second kappa shape index (κ2) is 4.94. The smallest absolute Gasteiger partial charge is 0.132 e. The molecule has 1 rings (SSSR count). The monoisotopic (exact) mass is 184 g/mol. The van der Waals surface area contributed by atoms with Crippen molar-refractivity contribution in [2.75, 3.05) is 6.54 Å². The summed E-state index contributed by atoms with van der Waals surface area (Å²) in [5.74, 6) is -0.177. The number of aliphatic hydroxyl groups is 1. The van der Waals surface area contributed by atoms with Crippen LogP contribution in [0.1, 0.15) is 12.5 Å². The SMILES string of the molecule is C[C@@H](O)C[NH2+]Cc1ccccc1F. The van der Waals surface area contributed by atoms with E-state index in [1.165, 1.54) is 6.07 Å². The van der Waals surface area contributed by atoms with E-state index in [9.17, 15) is 4.39 Å². The lowest BCUT2D eigenvalue weighted by molar-refractivity contribution is -0.676. The maximum atomic E-state index is 13.0. The summed E-state index contributed by atoms with van der Waals surface area (Å²) in [4.78, 5) is 0. The molecule has 0 bridgehead atoms. The van der Waals surface area contributed by atoms with Crippen molar-refractivity contribution in [3.63, 3.8) is 0 Å². The van der Waals surface area contributed by atoms with Crippen molar-refractivity contribution in [2.24, 2.45) is 0 Å². The zero-order valence-electron chi connectivity index (χ0n) is 7.70. The third-order valence-electron chi connectivity index (χ3n) is 1.83. The minimum Gasteiger partial charge on any atom is -0.388 e. The van der Waals surface area contributed by atoms with E-state index in [0.29, 0.717) is 18.7 Å². The largest absolute Gasteiger partial charge is 0.388 e. The van der Waals surface area contributed by atoms with Crippen molar-refractivity contribution in [1.29, 1.82) is 0 Å². The second-order valence-electron chi connectivity index (χ2n) is 3.17. The molecule has 0 saturated carbocycles. The van der Waals surface area contributed by atoms with Gasteiger partial charge in [-0.1, -0.05) is 18.2 Å². The fourth-order valence-corrected chi connectivity index (χ4v) is 1.14. The highest BCUT2D eigenvalue weighted by Gasteiger charge is 2.03. The van der Waals surface area contributed by atoms with Crippen LogP contribution in [0.4, 0.5) is 4.39 Å². The zero-order valence-corrected chi connectivity index (χ0v) is 7.70. The minimum atomic E-state index is -0.341. The topological polar surface area (TPSA) is 36.8 Å². The second-order valence-corrected chi connectivity index (χ2v) is 3.17. The Morgan fingerprint density at radius 2 is 2.15 bits per heavy atom. The Morgan fingerprint density at radius 3 is 2.77 bits per heavy atom. The molecule has 13 heavy (non-hydrogen) atoms. The Kier molecular flexibility index (Phi) is 3.86. The molecule has 0 radical (unpaired) electrons. The first kappa shape index (κ1) is 10.2. The van der Waals surface area contributed by atoms with Gasteiger partial charge in [-0.3, -0.25) is 0 Å². The molecule has 0 fully saturated rings. The van der Waals surface area contributed by atoms with Crippen LogP contribution in [0.2, 0.25) is 0 Å². The van der Waals surface area contributed by atoms with Crippen molar-refractivity contribution >= 4 is 0 Å². The molecule has 3 heteroatoms. The van der Waals surface area contributed by atoms with Gasteiger partial charge in [-0.05, 0) is 13.0 Å². The van der Waals surface area contributed by atoms with E-state index in [4.69, 9.17) is 5.11 Å². The Morgan fingerprint density at radius 1 is 1.46 bits per heavy atom. The fraction of sp³-hybridized carbons (Fsp3) is 0.400. The molecule has 0 aliphatic rings. The number of aliphatic hydroxyl groups excluding tert-OH is 1. The Hall–Kier alpha value is -0.930. The molecule has 1 aromatic rings. The predicted molar refractivity (Wildman–Crippen MR) is 48.6 cm³/mol. The van der Waals surface area contributed by atoms with Crippen molar-refractivity contribution in [2.45, 2.75) is 19.6 Å². The number of quaternary nitrogens is 1. The Bertz CT molecular complexity index is 263. The first-order chi connectivity index (χ1) is 6.20. The molecule has 1 aromatic carbocycles. The maximum absolute atomic E-state index is 13.0. The van der Waals surface area contributed by atoms with Gasteiger partial charge in [0, 0.05) is 5.56 Å². The van der Waals surface area contributed by atoms with Crippen LogP contribution in [-0.4, -0.2) is 17.8 Å². The van der Waals surface area contributed by atoms with Gasteiger partial charge < -0.3 is 10.4 Å². The van der Waals surface area contributed by atoms with Crippen LogP contribution in [0.25, 0.3) is 0 Å². The summed E-state index contributed by atoms with van der Waals surface area (Å²) in [5, 5.41) is 10.9. The first-order valence-electron chi connectivity index (χ1n) is 4.43. The van der Waals surface area contributed by atoms with Crippen molar-refractivity contribution in [3.05, 3.63) is 35.6 Å². The van der Waals surface area contributed by atoms with Crippen LogP contribution in [-0.2, 0) is 6.54 Å². The lowest BCUT2D eigenvalue weighted by atomic mass is 10.2. The molecular formula is C10H15FNO+. The number of halogens is 1. The Labute approximate surface area is 77.4 Å². The van der Waals surface area contributed by atoms with Gasteiger partial charge in [-0.15, -0.1) is 0 Å². The van der Waals surface area contributed by atoms with Crippen LogP contribution in [0.3, 0.4) is 0 Å². The van der Waals surface area contributed by atoms with Gasteiger partial charge in [0.15, 0.2) is 0 Å². The molecule has 0 saturated heterocycles. The summed E-state index contributed by atoms with van der Waals surface area (Å²) in [7, 11) is 0. The van der Waals surface area contributed by atoms with E-state index in [1.807, 2.05) is 11.4 Å². The summed E-state index contributed by atoms with van der Waals surface area (Å²) in [6.45, 7) is 2.91. The van der Waals surface area contributed by atoms with E-state index < -0.39 is 0 Å². The molecule has 0 aliphatic heterocycles. The molecule has 0 unspecified atom stereocenters. The first-order valence-corrected chi connectivity index (χ1v) is 4.43. The molecule has 0 heterocycles. The fourth-order valence-electron chi connectivity index (χ4n) is 1.14. The molecule has 0 aromatic heterocycles. The molecular weight excluding hydrogens is 169 g/mol. The molecule has 72 valence electrons. The van der Waals surface area contributed by atoms with Gasteiger partial charge >= 0.3 is 0 Å². The van der Waals surface area contributed by atoms with Gasteiger partial charge in [-0.25, -0.2) is 4.39 Å². The highest BCUT2D eigenvalue weighted by Crippen LogP contribution is 2.03. The quantitative estimate of drug-likeness (QED) is 0.692. The third kappa shape index (κ3) is 3.53. The molecule has 0 aliphatic carbocycles. The summed E-state index contributed by atoms with van der Waals surface area (Å²) < 4.78 is 13.0. The van der Waals surface area contributed by atoms with Gasteiger partial charge in [-0.2, -0.15) is 0 Å². The molecule has 0 amide bonds. The van der Waals surface area contributed by atoms with Gasteiger partial charge in [0.1, 0.15) is 18.9 Å². The zero-order chi connectivity index (χ0) is 9.68. The van der Waals surface area contributed by atoms with Crippen molar-refractivity contribution < 1.29 is 14.8 Å². The lowest BCUT2D eigenvalue weighted by Gasteiger charge is -2.04. The minimum absolute atomic E-state index is 0.177. The average Bonchev–Trinajstić information content (AvgIpc) is 2.08. The highest BCUT2D eigenvalue weighted by molar-refractivity contribution is 5.15. The van der Waals surface area contributed by atoms with E-state index in [-0.39, 0.29) is 11.9 Å². The normalized spacial score (nSPS) is 12.8. The standard InChI is InChI=1S/C10H14FNO/c1-8(13)6-12-7-9-4-2-3-5-10(9)11/h2-5,8,12-13H,6-7H2,1H3/p+1/t8-/m1/s1. The summed E-state index contributed by atoms with van der Waals surface area (Å²) >= 11 is 0. The van der Waals surface area contributed by atoms with E-state index in [2.05, 4.69) is 0 Å². The number of benzene rings is 1. The van der Waals surface area contributed by atoms with E-state index >= 15 is 0 Å². The number of hydrogen-bond acceptors (Lipinski definition) is 1. The predicted octanol–water partition coefficient (Wildman–Crippen LogP) is 0.270. The van der Waals surface area contributed by atoms with E-state index in [0.717, 1.165) is 0 Å². The van der Waals surface area contributed by atoms with Crippen LogP contribution < -0.4 is 5.32 Å². The van der Waals surface area contributed by atoms with Crippen LogP contribution in [0.5, 0.6) is 0 Å².